The minimum Gasteiger partial charge on any atom is -0.352 e. The molecule has 3 N–H and O–H groups in total. The Balaban J connectivity index is 2.82. The van der Waals surface area contributed by atoms with E-state index in [9.17, 15) is 13.2 Å². The van der Waals surface area contributed by atoms with Gasteiger partial charge in [-0.3, -0.25) is 0 Å². The smallest absolute Gasteiger partial charge is 0.313 e. The molecule has 0 aliphatic heterocycles. The molecule has 0 atom stereocenters. The van der Waals surface area contributed by atoms with E-state index in [2.05, 4.69) is 0 Å². The van der Waals surface area contributed by atoms with Gasteiger partial charge in [0.05, 0.1) is 4.90 Å². The number of carbonyl (C=O) groups is 1. The van der Waals surface area contributed by atoms with Gasteiger partial charge in [0.15, 0.2) is 9.84 Å². The highest BCUT2D eigenvalue weighted by Gasteiger charge is 2.13. The van der Waals surface area contributed by atoms with Crippen molar-refractivity contribution in [1.82, 2.24) is 5.32 Å². The first kappa shape index (κ1) is 10.5. The Morgan fingerprint density at radius 3 is 2.36 bits per heavy atom. The van der Waals surface area contributed by atoms with Gasteiger partial charge < -0.3 is 11.1 Å². The Hall–Kier alpha value is -1.56. The van der Waals surface area contributed by atoms with E-state index in [4.69, 9.17) is 5.73 Å². The number of benzene rings is 1. The van der Waals surface area contributed by atoms with Crippen LogP contribution >= 0.6 is 0 Å². The summed E-state index contributed by atoms with van der Waals surface area (Å²) in [4.78, 5) is 10.5. The number of amides is 2. The Labute approximate surface area is 81.8 Å². The molecule has 2 amide bonds. The van der Waals surface area contributed by atoms with Gasteiger partial charge in [-0.1, -0.05) is 18.2 Å². The Kier molecular flexibility index (Phi) is 3.08. The van der Waals surface area contributed by atoms with Gasteiger partial charge in [0, 0.05) is 0 Å². The number of hydrogen-bond acceptors (Lipinski definition) is 3. The summed E-state index contributed by atoms with van der Waals surface area (Å²) in [7, 11) is -3.47. The zero-order valence-corrected chi connectivity index (χ0v) is 8.12. The fraction of sp³-hybridized carbons (Fsp3) is 0.125. The van der Waals surface area contributed by atoms with E-state index >= 15 is 0 Å². The highest BCUT2D eigenvalue weighted by Crippen LogP contribution is 2.08. The quantitative estimate of drug-likeness (QED) is 0.747. The fourth-order valence-electron chi connectivity index (χ4n) is 0.877. The summed E-state index contributed by atoms with van der Waals surface area (Å²) in [6.45, 7) is 0. The minimum atomic E-state index is -3.47. The van der Waals surface area contributed by atoms with Gasteiger partial charge in [-0.15, -0.1) is 0 Å². The third-order valence-electron chi connectivity index (χ3n) is 1.54. The first-order chi connectivity index (χ1) is 6.52. The topological polar surface area (TPSA) is 89.3 Å². The molecule has 0 aromatic heterocycles. The second-order valence-electron chi connectivity index (χ2n) is 2.61. The molecule has 76 valence electrons. The van der Waals surface area contributed by atoms with Crippen molar-refractivity contribution in [2.45, 2.75) is 4.90 Å². The maximum Gasteiger partial charge on any atom is 0.313 e. The van der Waals surface area contributed by atoms with Gasteiger partial charge in [0.25, 0.3) is 0 Å². The number of hydrogen-bond donors (Lipinski definition) is 2. The van der Waals surface area contributed by atoms with Crippen molar-refractivity contribution in [3.05, 3.63) is 30.3 Å². The van der Waals surface area contributed by atoms with E-state index in [-0.39, 0.29) is 4.90 Å². The second kappa shape index (κ2) is 4.10. The monoisotopic (exact) mass is 214 g/mol. The number of primary amides is 1. The van der Waals surface area contributed by atoms with Crippen molar-refractivity contribution >= 4 is 15.9 Å². The molecule has 1 aromatic rings. The standard InChI is InChI=1S/C8H10N2O3S/c9-8(11)10-6-14(12,13)7-4-2-1-3-5-7/h1-5H,6H2,(H3,9,10,11). The molecule has 14 heavy (non-hydrogen) atoms. The van der Waals surface area contributed by atoms with E-state index in [1.54, 1.807) is 18.2 Å². The van der Waals surface area contributed by atoms with Crippen molar-refractivity contribution in [2.75, 3.05) is 5.88 Å². The molecule has 0 aliphatic rings. The number of carbonyl (C=O) groups excluding carboxylic acids is 1. The Morgan fingerprint density at radius 1 is 1.29 bits per heavy atom. The third-order valence-corrected chi connectivity index (χ3v) is 3.05. The van der Waals surface area contributed by atoms with Gasteiger partial charge in [0.1, 0.15) is 5.88 Å². The molecular formula is C8H10N2O3S. The molecule has 0 spiro atoms. The molecule has 0 bridgehead atoms. The summed E-state index contributed by atoms with van der Waals surface area (Å²) in [5, 5.41) is 2.04. The Morgan fingerprint density at radius 2 is 1.86 bits per heavy atom. The fourth-order valence-corrected chi connectivity index (χ4v) is 1.95. The number of rotatable bonds is 3. The lowest BCUT2D eigenvalue weighted by Crippen LogP contribution is -2.33. The molecule has 0 aliphatic carbocycles. The highest BCUT2D eigenvalue weighted by molar-refractivity contribution is 7.91. The van der Waals surface area contributed by atoms with Crippen LogP contribution in [0.4, 0.5) is 4.79 Å². The number of nitrogens with two attached hydrogens (primary N) is 1. The highest BCUT2D eigenvalue weighted by atomic mass is 32.2. The van der Waals surface area contributed by atoms with Crippen LogP contribution in [0, 0.1) is 0 Å². The summed E-state index contributed by atoms with van der Waals surface area (Å²) >= 11 is 0. The molecule has 0 heterocycles. The van der Waals surface area contributed by atoms with E-state index in [1.807, 2.05) is 5.32 Å². The predicted octanol–water partition coefficient (Wildman–Crippen LogP) is 0.0861. The lowest BCUT2D eigenvalue weighted by Gasteiger charge is -2.03. The molecule has 1 aromatic carbocycles. The largest absolute Gasteiger partial charge is 0.352 e. The first-order valence-corrected chi connectivity index (χ1v) is 5.49. The van der Waals surface area contributed by atoms with Crippen LogP contribution in [0.1, 0.15) is 0 Å². The maximum absolute atomic E-state index is 11.5. The van der Waals surface area contributed by atoms with Gasteiger partial charge in [-0.05, 0) is 12.1 Å². The van der Waals surface area contributed by atoms with Gasteiger partial charge in [-0.2, -0.15) is 0 Å². The Bertz CT molecular complexity index is 413. The molecule has 5 nitrogen and oxygen atoms in total. The van der Waals surface area contributed by atoms with Crippen LogP contribution in [0.25, 0.3) is 0 Å². The van der Waals surface area contributed by atoms with Crippen LogP contribution in [0.15, 0.2) is 35.2 Å². The van der Waals surface area contributed by atoms with Crippen molar-refractivity contribution in [3.8, 4) is 0 Å². The van der Waals surface area contributed by atoms with Crippen molar-refractivity contribution < 1.29 is 13.2 Å². The van der Waals surface area contributed by atoms with E-state index in [0.717, 1.165) is 0 Å². The van der Waals surface area contributed by atoms with E-state index < -0.39 is 21.7 Å². The van der Waals surface area contributed by atoms with E-state index in [1.165, 1.54) is 12.1 Å². The molecule has 0 saturated heterocycles. The van der Waals surface area contributed by atoms with Crippen molar-refractivity contribution in [1.29, 1.82) is 0 Å². The third kappa shape index (κ3) is 2.74. The SMILES string of the molecule is NC(=O)NCS(=O)(=O)c1ccccc1. The predicted molar refractivity (Wildman–Crippen MR) is 51.2 cm³/mol. The van der Waals surface area contributed by atoms with Crippen LogP contribution in [0.2, 0.25) is 0 Å². The average molecular weight is 214 g/mol. The van der Waals surface area contributed by atoms with E-state index in [0.29, 0.717) is 0 Å². The lowest BCUT2D eigenvalue weighted by molar-refractivity contribution is 0.250. The normalized spacial score (nSPS) is 10.9. The van der Waals surface area contributed by atoms with Crippen LogP contribution in [-0.4, -0.2) is 20.3 Å². The molecule has 0 unspecified atom stereocenters. The summed E-state index contributed by atoms with van der Waals surface area (Å²) in [5.74, 6) is -0.480. The summed E-state index contributed by atoms with van der Waals surface area (Å²) in [5.41, 5.74) is 4.76. The summed E-state index contributed by atoms with van der Waals surface area (Å²) < 4.78 is 22.9. The van der Waals surface area contributed by atoms with Crippen molar-refractivity contribution in [3.63, 3.8) is 0 Å². The average Bonchev–Trinajstić information content (AvgIpc) is 2.16. The van der Waals surface area contributed by atoms with Crippen LogP contribution in [-0.2, 0) is 9.84 Å². The zero-order chi connectivity index (χ0) is 10.6. The number of nitrogens with one attached hydrogen (secondary N) is 1. The lowest BCUT2D eigenvalue weighted by atomic mass is 10.4. The molecule has 0 saturated carbocycles. The molecule has 1 rings (SSSR count). The molecule has 6 heteroatoms. The summed E-state index contributed by atoms with van der Waals surface area (Å²) in [6, 6.07) is 6.98. The second-order valence-corrected chi connectivity index (χ2v) is 4.60. The zero-order valence-electron chi connectivity index (χ0n) is 7.30. The number of sulfone groups is 1. The summed E-state index contributed by atoms with van der Waals surface area (Å²) in [6.07, 6.45) is 0. The maximum atomic E-state index is 11.5. The molecule has 0 radical (unpaired) electrons. The van der Waals surface area contributed by atoms with Gasteiger partial charge >= 0.3 is 6.03 Å². The number of urea groups is 1. The van der Waals surface area contributed by atoms with Gasteiger partial charge in [0.2, 0.25) is 0 Å². The van der Waals surface area contributed by atoms with Crippen LogP contribution in [0.3, 0.4) is 0 Å². The molecule has 0 fully saturated rings. The van der Waals surface area contributed by atoms with Crippen LogP contribution in [0.5, 0.6) is 0 Å². The van der Waals surface area contributed by atoms with Crippen LogP contribution < -0.4 is 11.1 Å². The minimum absolute atomic E-state index is 0.161. The van der Waals surface area contributed by atoms with Gasteiger partial charge in [-0.25, -0.2) is 13.2 Å². The van der Waals surface area contributed by atoms with Crippen molar-refractivity contribution in [2.24, 2.45) is 5.73 Å². The first-order valence-electron chi connectivity index (χ1n) is 3.83. The molecular weight excluding hydrogens is 204 g/mol.